The second-order valence-electron chi connectivity index (χ2n) is 8.96. The molecule has 3 N–H and O–H groups in total. The Bertz CT molecular complexity index is 952. The van der Waals surface area contributed by atoms with Crippen LogP contribution in [-0.4, -0.2) is 38.9 Å². The lowest BCUT2D eigenvalue weighted by Gasteiger charge is -2.38. The van der Waals surface area contributed by atoms with Gasteiger partial charge in [0, 0.05) is 19.1 Å². The van der Waals surface area contributed by atoms with E-state index >= 15 is 0 Å². The molecule has 1 aliphatic rings. The smallest absolute Gasteiger partial charge is 0.329 e. The molecule has 0 amide bonds. The first-order chi connectivity index (χ1) is 15.7. The van der Waals surface area contributed by atoms with Crippen LogP contribution in [0.5, 0.6) is 5.75 Å². The summed E-state index contributed by atoms with van der Waals surface area (Å²) in [5.74, 6) is 0.300. The maximum Gasteiger partial charge on any atom is 0.329 e. The molecule has 1 atom stereocenters. The van der Waals surface area contributed by atoms with Gasteiger partial charge in [-0.05, 0) is 47.6 Å². The van der Waals surface area contributed by atoms with Crippen LogP contribution in [0.2, 0.25) is 0 Å². The molecule has 2 aromatic carbocycles. The third-order valence-electron chi connectivity index (χ3n) is 6.36. The molecule has 0 saturated heterocycles. The first kappa shape index (κ1) is 25.4. The van der Waals surface area contributed by atoms with Crippen LogP contribution in [0.4, 0.5) is 0 Å². The number of hydrogen-bond acceptors (Lipinski definition) is 4. The molecule has 1 aliphatic carbocycles. The summed E-state index contributed by atoms with van der Waals surface area (Å²) in [6.45, 7) is 1.15. The summed E-state index contributed by atoms with van der Waals surface area (Å²) in [6.07, 6.45) is 5.33. The number of nitrogens with zero attached hydrogens (tertiary/aromatic N) is 1. The second kappa shape index (κ2) is 11.8. The van der Waals surface area contributed by atoms with E-state index in [1.807, 2.05) is 36.4 Å². The summed E-state index contributed by atoms with van der Waals surface area (Å²) in [5, 5.41) is 9.70. The summed E-state index contributed by atoms with van der Waals surface area (Å²) in [7, 11) is -2.49. The normalized spacial score (nSPS) is 16.0. The molecular weight excluding hydrogens is 441 g/mol. The van der Waals surface area contributed by atoms with Gasteiger partial charge in [-0.25, -0.2) is 0 Å². The molecule has 0 bridgehead atoms. The number of hydrogen-bond donors (Lipinski definition) is 3. The van der Waals surface area contributed by atoms with Crippen LogP contribution in [0.1, 0.15) is 55.2 Å². The number of methoxy groups -OCH3 is 1. The number of aliphatic carboxylic acids is 1. The van der Waals surface area contributed by atoms with E-state index in [9.17, 15) is 24.3 Å². The minimum Gasteiger partial charge on any atom is -0.497 e. The Kier molecular flexibility index (Phi) is 9.10. The van der Waals surface area contributed by atoms with Crippen molar-refractivity contribution >= 4 is 13.6 Å². The Balaban J connectivity index is 1.87. The van der Waals surface area contributed by atoms with Gasteiger partial charge in [-0.2, -0.15) is 0 Å². The van der Waals surface area contributed by atoms with Crippen molar-refractivity contribution in [3.05, 3.63) is 65.2 Å². The van der Waals surface area contributed by atoms with E-state index < -0.39 is 13.6 Å². The van der Waals surface area contributed by atoms with Crippen LogP contribution in [0.15, 0.2) is 48.5 Å². The van der Waals surface area contributed by atoms with E-state index in [0.29, 0.717) is 24.6 Å². The summed E-state index contributed by atoms with van der Waals surface area (Å²) in [4.78, 5) is 32.5. The quantitative estimate of drug-likeness (QED) is 0.401. The lowest BCUT2D eigenvalue weighted by Crippen LogP contribution is -2.42. The van der Waals surface area contributed by atoms with Crippen LogP contribution in [0, 0.1) is 5.92 Å². The highest BCUT2D eigenvalue weighted by molar-refractivity contribution is 7.50. The molecule has 0 spiro atoms. The van der Waals surface area contributed by atoms with Gasteiger partial charge >= 0.3 is 13.6 Å². The zero-order valence-corrected chi connectivity index (χ0v) is 20.0. The topological polar surface area (TPSA) is 107 Å². The fourth-order valence-electron chi connectivity index (χ4n) is 4.81. The zero-order valence-electron chi connectivity index (χ0n) is 19.1. The van der Waals surface area contributed by atoms with Crippen molar-refractivity contribution in [3.8, 4) is 5.75 Å². The Morgan fingerprint density at radius 1 is 1.03 bits per heavy atom. The summed E-state index contributed by atoms with van der Waals surface area (Å²) in [5.41, 5.74) is 2.62. The molecule has 8 heteroatoms. The number of benzene rings is 2. The molecular formula is C25H34NO6P. The van der Waals surface area contributed by atoms with Crippen molar-refractivity contribution in [2.45, 2.75) is 63.8 Å². The summed E-state index contributed by atoms with van der Waals surface area (Å²) < 4.78 is 16.7. The van der Waals surface area contributed by atoms with Gasteiger partial charge < -0.3 is 19.6 Å². The van der Waals surface area contributed by atoms with Crippen molar-refractivity contribution < 1.29 is 29.0 Å². The molecule has 7 nitrogen and oxygen atoms in total. The maximum absolute atomic E-state index is 11.8. The molecule has 33 heavy (non-hydrogen) atoms. The first-order valence-electron chi connectivity index (χ1n) is 11.4. The Morgan fingerprint density at radius 2 is 1.67 bits per heavy atom. The van der Waals surface area contributed by atoms with Crippen LogP contribution < -0.4 is 4.74 Å². The van der Waals surface area contributed by atoms with Crippen LogP contribution >= 0.6 is 7.60 Å². The van der Waals surface area contributed by atoms with Crippen molar-refractivity contribution in [1.82, 2.24) is 4.90 Å². The molecule has 3 rings (SSSR count). The van der Waals surface area contributed by atoms with Gasteiger partial charge in [-0.1, -0.05) is 55.7 Å². The van der Waals surface area contributed by atoms with Crippen LogP contribution in [0.25, 0.3) is 0 Å². The van der Waals surface area contributed by atoms with Gasteiger partial charge in [0.05, 0.1) is 19.7 Å². The van der Waals surface area contributed by atoms with Crippen LogP contribution in [-0.2, 0) is 28.6 Å². The van der Waals surface area contributed by atoms with Crippen molar-refractivity contribution in [2.75, 3.05) is 7.11 Å². The van der Waals surface area contributed by atoms with Gasteiger partial charge in [-0.15, -0.1) is 0 Å². The predicted octanol–water partition coefficient (Wildman–Crippen LogP) is 4.80. The number of carboxylic acid groups (broad SMARTS) is 1. The molecule has 180 valence electrons. The van der Waals surface area contributed by atoms with Crippen molar-refractivity contribution in [1.29, 1.82) is 0 Å². The van der Waals surface area contributed by atoms with Gasteiger partial charge in [-0.3, -0.25) is 14.3 Å². The van der Waals surface area contributed by atoms with E-state index in [4.69, 9.17) is 4.74 Å². The molecule has 0 aliphatic heterocycles. The lowest BCUT2D eigenvalue weighted by molar-refractivity contribution is -0.139. The monoisotopic (exact) mass is 475 g/mol. The number of carbonyl (C=O) groups is 1. The number of ether oxygens (including phenoxy) is 1. The predicted molar refractivity (Wildman–Crippen MR) is 127 cm³/mol. The third-order valence-corrected chi connectivity index (χ3v) is 7.14. The Labute approximate surface area is 195 Å². The van der Waals surface area contributed by atoms with Gasteiger partial charge in [0.2, 0.25) is 0 Å². The van der Waals surface area contributed by atoms with E-state index in [-0.39, 0.29) is 18.6 Å². The standard InChI is InChI=1S/C25H34NO6P/c1-32-23-9-5-6-21(14-23)17-26(24(15-25(27)28)22-7-3-2-4-8-22)16-19-10-12-20(13-11-19)18-33(29,30)31/h5-6,9-14,22,24H,2-4,7-8,15-18H2,1H3,(H,27,28)(H2,29,30,31). The Hall–Kier alpha value is -2.18. The summed E-state index contributed by atoms with van der Waals surface area (Å²) in [6, 6.07) is 15.0. The number of rotatable bonds is 11. The summed E-state index contributed by atoms with van der Waals surface area (Å²) >= 11 is 0. The first-order valence-corrected chi connectivity index (χ1v) is 13.2. The maximum atomic E-state index is 11.8. The lowest BCUT2D eigenvalue weighted by atomic mass is 9.81. The fourth-order valence-corrected chi connectivity index (χ4v) is 5.50. The Morgan fingerprint density at radius 3 is 2.27 bits per heavy atom. The molecule has 0 heterocycles. The van der Waals surface area contributed by atoms with E-state index in [1.165, 1.54) is 6.42 Å². The highest BCUT2D eigenvalue weighted by Crippen LogP contribution is 2.39. The average molecular weight is 476 g/mol. The number of carboxylic acids is 1. The highest BCUT2D eigenvalue weighted by Gasteiger charge is 2.31. The second-order valence-corrected chi connectivity index (χ2v) is 10.6. The molecule has 1 unspecified atom stereocenters. The molecule has 0 radical (unpaired) electrons. The SMILES string of the molecule is COc1cccc(CN(Cc2ccc(CP(=O)(O)O)cc2)C(CC(=O)O)C2CCCCC2)c1. The molecule has 1 fully saturated rings. The zero-order chi connectivity index (χ0) is 23.8. The highest BCUT2D eigenvalue weighted by atomic mass is 31.2. The largest absolute Gasteiger partial charge is 0.497 e. The third kappa shape index (κ3) is 8.27. The minimum absolute atomic E-state index is 0.0882. The molecule has 0 aromatic heterocycles. The molecule has 1 saturated carbocycles. The van der Waals surface area contributed by atoms with E-state index in [2.05, 4.69) is 4.90 Å². The van der Waals surface area contributed by atoms with Gasteiger partial charge in [0.25, 0.3) is 0 Å². The van der Waals surface area contributed by atoms with Crippen molar-refractivity contribution in [3.63, 3.8) is 0 Å². The van der Waals surface area contributed by atoms with Crippen molar-refractivity contribution in [2.24, 2.45) is 5.92 Å². The van der Waals surface area contributed by atoms with Gasteiger partial charge in [0.1, 0.15) is 5.75 Å². The van der Waals surface area contributed by atoms with Crippen LogP contribution in [0.3, 0.4) is 0 Å². The van der Waals surface area contributed by atoms with Gasteiger partial charge in [0.15, 0.2) is 0 Å². The average Bonchev–Trinajstić information content (AvgIpc) is 2.78. The van der Waals surface area contributed by atoms with E-state index in [0.717, 1.165) is 42.6 Å². The van der Waals surface area contributed by atoms with E-state index in [1.54, 1.807) is 19.2 Å². The molecule has 2 aromatic rings. The minimum atomic E-state index is -4.12. The fraction of sp³-hybridized carbons (Fsp3) is 0.480.